The van der Waals surface area contributed by atoms with Crippen molar-refractivity contribution < 1.29 is 24.1 Å². The minimum absolute atomic E-state index is 0.0164. The van der Waals surface area contributed by atoms with Crippen molar-refractivity contribution in [3.05, 3.63) is 0 Å². The summed E-state index contributed by atoms with van der Waals surface area (Å²) in [5, 5.41) is 10.0. The maximum Gasteiger partial charge on any atom is 0.232 e. The lowest BCUT2D eigenvalue weighted by molar-refractivity contribution is -0.212. The molecule has 0 aromatic carbocycles. The van der Waals surface area contributed by atoms with Gasteiger partial charge in [0.1, 0.15) is 6.23 Å². The number of aliphatic hydroxyl groups is 1. The van der Waals surface area contributed by atoms with Gasteiger partial charge in [-0.25, -0.2) is 0 Å². The van der Waals surface area contributed by atoms with Crippen molar-refractivity contribution in [2.45, 2.75) is 77.0 Å². The molecule has 3 rings (SSSR count). The Balaban J connectivity index is 1.60. The van der Waals surface area contributed by atoms with E-state index in [0.717, 1.165) is 45.1 Å². The maximum absolute atomic E-state index is 12.5. The minimum Gasteiger partial charge on any atom is -0.393 e. The van der Waals surface area contributed by atoms with Crippen LogP contribution in [-0.4, -0.2) is 60.4 Å². The molecule has 0 aromatic rings. The molecule has 4 unspecified atom stereocenters. The Labute approximate surface area is 144 Å². The van der Waals surface area contributed by atoms with E-state index in [-0.39, 0.29) is 36.3 Å². The highest BCUT2D eigenvalue weighted by molar-refractivity contribution is 5.87. The third-order valence-electron chi connectivity index (χ3n) is 5.48. The summed E-state index contributed by atoms with van der Waals surface area (Å²) >= 11 is 0. The van der Waals surface area contributed by atoms with Crippen LogP contribution in [0.25, 0.3) is 0 Å². The highest BCUT2D eigenvalue weighted by Crippen LogP contribution is 2.39. The first-order chi connectivity index (χ1) is 11.6. The summed E-state index contributed by atoms with van der Waals surface area (Å²) in [5.74, 6) is -0.192. The fourth-order valence-electron chi connectivity index (χ4n) is 4.15. The molecule has 0 bridgehead atoms. The zero-order valence-corrected chi connectivity index (χ0v) is 14.9. The van der Waals surface area contributed by atoms with E-state index in [0.29, 0.717) is 13.2 Å². The Morgan fingerprint density at radius 3 is 2.46 bits per heavy atom. The molecule has 3 aliphatic rings. The van der Waals surface area contributed by atoms with Crippen LogP contribution in [0.5, 0.6) is 0 Å². The summed E-state index contributed by atoms with van der Waals surface area (Å²) in [6.07, 6.45) is 5.29. The highest BCUT2D eigenvalue weighted by Gasteiger charge is 2.54. The van der Waals surface area contributed by atoms with Gasteiger partial charge in [-0.15, -0.1) is 0 Å². The number of nitrogens with zero attached hydrogens (tertiary/aromatic N) is 1. The van der Waals surface area contributed by atoms with E-state index in [2.05, 4.69) is 6.92 Å². The standard InChI is InChI=1S/C18H31NO5/c1-12(11-24-15-8-4-6-10-23-15)17-16(13(2)20)18(21)19(17)14-7-3-5-9-22-14/h12-17,20H,3-11H2,1-2H3/t12?,13?,14?,15?,16-,17-/m0/s1. The lowest BCUT2D eigenvalue weighted by atomic mass is 9.76. The van der Waals surface area contributed by atoms with E-state index < -0.39 is 6.10 Å². The number of carbonyl (C=O) groups excluding carboxylic acids is 1. The van der Waals surface area contributed by atoms with Crippen molar-refractivity contribution in [1.82, 2.24) is 4.90 Å². The fourth-order valence-corrected chi connectivity index (χ4v) is 4.15. The van der Waals surface area contributed by atoms with Crippen LogP contribution in [0.2, 0.25) is 0 Å². The molecule has 6 heteroatoms. The van der Waals surface area contributed by atoms with Crippen molar-refractivity contribution >= 4 is 5.91 Å². The number of hydrogen-bond acceptors (Lipinski definition) is 5. The van der Waals surface area contributed by atoms with E-state index in [1.165, 1.54) is 0 Å². The maximum atomic E-state index is 12.5. The first-order valence-corrected chi connectivity index (χ1v) is 9.44. The predicted octanol–water partition coefficient (Wildman–Crippen LogP) is 1.90. The summed E-state index contributed by atoms with van der Waals surface area (Å²) in [6.45, 7) is 5.80. The van der Waals surface area contributed by atoms with Crippen LogP contribution in [-0.2, 0) is 19.0 Å². The molecule has 1 amide bonds. The molecule has 24 heavy (non-hydrogen) atoms. The van der Waals surface area contributed by atoms with Gasteiger partial charge >= 0.3 is 0 Å². The molecule has 0 aromatic heterocycles. The smallest absolute Gasteiger partial charge is 0.232 e. The number of hydrogen-bond donors (Lipinski definition) is 1. The average molecular weight is 341 g/mol. The molecular weight excluding hydrogens is 310 g/mol. The van der Waals surface area contributed by atoms with Crippen molar-refractivity contribution in [2.24, 2.45) is 11.8 Å². The molecule has 3 heterocycles. The first-order valence-electron chi connectivity index (χ1n) is 9.44. The zero-order valence-electron chi connectivity index (χ0n) is 14.9. The molecule has 0 radical (unpaired) electrons. The van der Waals surface area contributed by atoms with Crippen molar-refractivity contribution in [3.8, 4) is 0 Å². The van der Waals surface area contributed by atoms with Crippen molar-refractivity contribution in [2.75, 3.05) is 19.8 Å². The third kappa shape index (κ3) is 3.77. The Bertz CT molecular complexity index is 418. The Morgan fingerprint density at radius 1 is 1.17 bits per heavy atom. The summed E-state index contributed by atoms with van der Waals surface area (Å²) in [4.78, 5) is 14.4. The summed E-state index contributed by atoms with van der Waals surface area (Å²) < 4.78 is 17.4. The van der Waals surface area contributed by atoms with Crippen LogP contribution < -0.4 is 0 Å². The van der Waals surface area contributed by atoms with Crippen molar-refractivity contribution in [3.63, 3.8) is 0 Å². The Kier molecular flexibility index (Phi) is 6.13. The van der Waals surface area contributed by atoms with Gasteiger partial charge in [-0.05, 0) is 45.4 Å². The molecule has 6 nitrogen and oxygen atoms in total. The van der Waals surface area contributed by atoms with Crippen LogP contribution in [0, 0.1) is 11.8 Å². The van der Waals surface area contributed by atoms with E-state index in [9.17, 15) is 9.90 Å². The van der Waals surface area contributed by atoms with E-state index in [1.807, 2.05) is 4.90 Å². The Hall–Kier alpha value is -0.690. The number of rotatable bonds is 6. The topological polar surface area (TPSA) is 68.2 Å². The lowest BCUT2D eigenvalue weighted by Crippen LogP contribution is -2.70. The van der Waals surface area contributed by atoms with E-state index in [1.54, 1.807) is 6.92 Å². The van der Waals surface area contributed by atoms with Crippen LogP contribution >= 0.6 is 0 Å². The first kappa shape index (κ1) is 18.1. The monoisotopic (exact) mass is 341 g/mol. The number of amides is 1. The van der Waals surface area contributed by atoms with Gasteiger partial charge in [0.25, 0.3) is 0 Å². The molecule has 138 valence electrons. The van der Waals surface area contributed by atoms with Crippen molar-refractivity contribution in [1.29, 1.82) is 0 Å². The number of ether oxygens (including phenoxy) is 3. The second kappa shape index (κ2) is 8.13. The average Bonchev–Trinajstić information content (AvgIpc) is 2.59. The third-order valence-corrected chi connectivity index (χ3v) is 5.48. The highest BCUT2D eigenvalue weighted by atomic mass is 16.7. The molecule has 0 aliphatic carbocycles. The van der Waals surface area contributed by atoms with Gasteiger partial charge in [-0.1, -0.05) is 6.92 Å². The van der Waals surface area contributed by atoms with Crippen LogP contribution in [0.1, 0.15) is 52.4 Å². The van der Waals surface area contributed by atoms with Crippen LogP contribution in [0.4, 0.5) is 0 Å². The van der Waals surface area contributed by atoms with Gasteiger partial charge in [0, 0.05) is 19.1 Å². The van der Waals surface area contributed by atoms with Gasteiger partial charge in [-0.3, -0.25) is 4.79 Å². The van der Waals surface area contributed by atoms with Crippen LogP contribution in [0.3, 0.4) is 0 Å². The predicted molar refractivity (Wildman–Crippen MR) is 88.1 cm³/mol. The SMILES string of the molecule is CC(O)[C@@H]1C(=O)N(C2CCCCO2)[C@H]1C(C)COC1CCCCO1. The number of carbonyl (C=O) groups is 1. The van der Waals surface area contributed by atoms with E-state index in [4.69, 9.17) is 14.2 Å². The fraction of sp³-hybridized carbons (Fsp3) is 0.944. The van der Waals surface area contributed by atoms with Gasteiger partial charge in [-0.2, -0.15) is 0 Å². The molecule has 3 saturated heterocycles. The molecule has 0 saturated carbocycles. The normalized spacial score (nSPS) is 37.0. The number of aliphatic hydroxyl groups excluding tert-OH is 1. The molecule has 3 aliphatic heterocycles. The number of likely N-dealkylation sites (tertiary alicyclic amines) is 1. The molecular formula is C18H31NO5. The van der Waals surface area contributed by atoms with Gasteiger partial charge in [0.15, 0.2) is 6.29 Å². The second-order valence-corrected chi connectivity index (χ2v) is 7.43. The molecule has 3 fully saturated rings. The largest absolute Gasteiger partial charge is 0.393 e. The van der Waals surface area contributed by atoms with Gasteiger partial charge in [0.05, 0.1) is 24.7 Å². The van der Waals surface area contributed by atoms with Gasteiger partial charge in [0.2, 0.25) is 5.91 Å². The lowest BCUT2D eigenvalue weighted by Gasteiger charge is -2.54. The summed E-state index contributed by atoms with van der Waals surface area (Å²) in [7, 11) is 0. The van der Waals surface area contributed by atoms with Gasteiger partial charge < -0.3 is 24.2 Å². The van der Waals surface area contributed by atoms with E-state index >= 15 is 0 Å². The number of β-lactam (4-membered cyclic amide) rings is 1. The zero-order chi connectivity index (χ0) is 17.1. The molecule has 1 N–H and O–H groups in total. The molecule has 0 spiro atoms. The Morgan fingerprint density at radius 2 is 1.88 bits per heavy atom. The summed E-state index contributed by atoms with van der Waals surface area (Å²) in [6, 6.07) is -0.0239. The molecule has 6 atom stereocenters. The summed E-state index contributed by atoms with van der Waals surface area (Å²) in [5.41, 5.74) is 0. The van der Waals surface area contributed by atoms with Crippen LogP contribution in [0.15, 0.2) is 0 Å². The quantitative estimate of drug-likeness (QED) is 0.748. The minimum atomic E-state index is -0.643. The second-order valence-electron chi connectivity index (χ2n) is 7.43.